The van der Waals surface area contributed by atoms with Gasteiger partial charge in [-0.05, 0) is 25.1 Å². The number of hydrogen-bond donors (Lipinski definition) is 1. The standard InChI is InChI=1S/C20H15ClN4/c1-11-18-20(25(2)24-11)15-10-22-16-5-3-4-14(17(15)16)19(23-18)12-6-8-13(21)9-7-12/h3-10,22H,1-2H3. The van der Waals surface area contributed by atoms with E-state index in [1.165, 1.54) is 5.39 Å². The molecule has 0 fully saturated rings. The van der Waals surface area contributed by atoms with Crippen LogP contribution in [0.15, 0.2) is 53.7 Å². The number of hydrogen-bond acceptors (Lipinski definition) is 2. The number of aliphatic imine (C=N–C) groups is 1. The third kappa shape index (κ3) is 2.01. The highest BCUT2D eigenvalue weighted by Gasteiger charge is 2.25. The lowest BCUT2D eigenvalue weighted by Crippen LogP contribution is -2.03. The number of H-pyrrole nitrogens is 1. The minimum Gasteiger partial charge on any atom is -0.360 e. The average molecular weight is 347 g/mol. The zero-order valence-corrected chi connectivity index (χ0v) is 14.6. The van der Waals surface area contributed by atoms with Crippen molar-refractivity contribution in [1.29, 1.82) is 0 Å². The highest BCUT2D eigenvalue weighted by Crippen LogP contribution is 2.42. The van der Waals surface area contributed by atoms with Crippen LogP contribution in [0.1, 0.15) is 16.8 Å². The van der Waals surface area contributed by atoms with Crippen molar-refractivity contribution < 1.29 is 0 Å². The van der Waals surface area contributed by atoms with Crippen molar-refractivity contribution >= 4 is 33.9 Å². The van der Waals surface area contributed by atoms with Gasteiger partial charge in [0.05, 0.1) is 17.1 Å². The summed E-state index contributed by atoms with van der Waals surface area (Å²) in [5.41, 5.74) is 8.22. The van der Waals surface area contributed by atoms with Crippen LogP contribution in [-0.4, -0.2) is 20.5 Å². The number of nitrogens with one attached hydrogen (secondary N) is 1. The fourth-order valence-corrected chi connectivity index (χ4v) is 3.78. The van der Waals surface area contributed by atoms with Gasteiger partial charge in [-0.2, -0.15) is 5.10 Å². The Morgan fingerprint density at radius 3 is 2.64 bits per heavy atom. The van der Waals surface area contributed by atoms with E-state index in [2.05, 4.69) is 34.5 Å². The summed E-state index contributed by atoms with van der Waals surface area (Å²) in [6.45, 7) is 2.00. The van der Waals surface area contributed by atoms with E-state index in [0.29, 0.717) is 0 Å². The van der Waals surface area contributed by atoms with E-state index in [0.717, 1.165) is 50.0 Å². The maximum absolute atomic E-state index is 6.08. The Labute approximate surface area is 149 Å². The van der Waals surface area contributed by atoms with Gasteiger partial charge in [0.25, 0.3) is 0 Å². The van der Waals surface area contributed by atoms with Crippen molar-refractivity contribution in [3.63, 3.8) is 0 Å². The second kappa shape index (κ2) is 5.07. The van der Waals surface area contributed by atoms with Crippen LogP contribution in [0.3, 0.4) is 0 Å². The molecule has 25 heavy (non-hydrogen) atoms. The van der Waals surface area contributed by atoms with Crippen LogP contribution in [0.25, 0.3) is 22.2 Å². The van der Waals surface area contributed by atoms with Crippen LogP contribution in [0.2, 0.25) is 5.02 Å². The topological polar surface area (TPSA) is 46.0 Å². The van der Waals surface area contributed by atoms with E-state index in [1.54, 1.807) is 0 Å². The molecular weight excluding hydrogens is 332 g/mol. The van der Waals surface area contributed by atoms with E-state index in [1.807, 2.05) is 42.9 Å². The highest BCUT2D eigenvalue weighted by molar-refractivity contribution is 6.31. The minimum atomic E-state index is 0.719. The highest BCUT2D eigenvalue weighted by atomic mass is 35.5. The smallest absolute Gasteiger partial charge is 0.113 e. The van der Waals surface area contributed by atoms with Crippen molar-refractivity contribution in [2.45, 2.75) is 6.92 Å². The number of benzene rings is 2. The molecule has 5 heteroatoms. The Morgan fingerprint density at radius 1 is 1.04 bits per heavy atom. The monoisotopic (exact) mass is 346 g/mol. The van der Waals surface area contributed by atoms with Gasteiger partial charge in [-0.25, -0.2) is 4.99 Å². The molecule has 3 heterocycles. The fourth-order valence-electron chi connectivity index (χ4n) is 3.65. The zero-order chi connectivity index (χ0) is 17.1. The molecule has 4 aromatic rings. The normalized spacial score (nSPS) is 12.8. The molecular formula is C20H15ClN4. The van der Waals surface area contributed by atoms with Crippen molar-refractivity contribution in [2.75, 3.05) is 0 Å². The van der Waals surface area contributed by atoms with E-state index in [-0.39, 0.29) is 0 Å². The molecule has 2 aromatic heterocycles. The molecule has 0 saturated heterocycles. The van der Waals surface area contributed by atoms with Crippen LogP contribution in [-0.2, 0) is 7.05 Å². The van der Waals surface area contributed by atoms with Gasteiger partial charge in [0.2, 0.25) is 0 Å². The third-order valence-corrected chi connectivity index (χ3v) is 5.00. The van der Waals surface area contributed by atoms with E-state index < -0.39 is 0 Å². The molecule has 0 amide bonds. The van der Waals surface area contributed by atoms with Gasteiger partial charge < -0.3 is 4.98 Å². The summed E-state index contributed by atoms with van der Waals surface area (Å²) in [6, 6.07) is 14.1. The van der Waals surface area contributed by atoms with Crippen LogP contribution in [0, 0.1) is 6.92 Å². The molecule has 5 rings (SSSR count). The first kappa shape index (κ1) is 14.5. The first-order chi connectivity index (χ1) is 12.1. The molecule has 1 aliphatic heterocycles. The number of rotatable bonds is 1. The molecule has 1 N–H and O–H groups in total. The van der Waals surface area contributed by atoms with Gasteiger partial charge in [-0.1, -0.05) is 35.9 Å². The Bertz CT molecular complexity index is 1160. The molecule has 1 aliphatic rings. The van der Waals surface area contributed by atoms with Gasteiger partial charge in [0.1, 0.15) is 5.69 Å². The molecule has 0 saturated carbocycles. The quantitative estimate of drug-likeness (QED) is 0.455. The van der Waals surface area contributed by atoms with Gasteiger partial charge in [-0.15, -0.1) is 0 Å². The summed E-state index contributed by atoms with van der Waals surface area (Å²) >= 11 is 6.08. The molecule has 0 spiro atoms. The summed E-state index contributed by atoms with van der Waals surface area (Å²) < 4.78 is 1.92. The lowest BCUT2D eigenvalue weighted by molar-refractivity contribution is 0.764. The van der Waals surface area contributed by atoms with Crippen LogP contribution < -0.4 is 0 Å². The molecule has 122 valence electrons. The van der Waals surface area contributed by atoms with Crippen LogP contribution >= 0.6 is 11.6 Å². The number of aryl methyl sites for hydroxylation is 2. The lowest BCUT2D eigenvalue weighted by Gasteiger charge is -2.08. The lowest BCUT2D eigenvalue weighted by atomic mass is 9.97. The van der Waals surface area contributed by atoms with Crippen LogP contribution in [0.5, 0.6) is 0 Å². The first-order valence-electron chi connectivity index (χ1n) is 8.12. The maximum Gasteiger partial charge on any atom is 0.113 e. The Morgan fingerprint density at radius 2 is 1.84 bits per heavy atom. The van der Waals surface area contributed by atoms with Gasteiger partial charge in [0.15, 0.2) is 0 Å². The first-order valence-corrected chi connectivity index (χ1v) is 8.50. The van der Waals surface area contributed by atoms with Crippen molar-refractivity contribution in [3.8, 4) is 11.3 Å². The SMILES string of the molecule is Cc1nn(C)c2c1N=C(c1ccc(Cl)cc1)c1cccc3[nH]cc-2c13. The molecule has 2 aromatic carbocycles. The predicted octanol–water partition coefficient (Wildman–Crippen LogP) is 5.01. The number of aromatic nitrogens is 3. The molecule has 0 aliphatic carbocycles. The Balaban J connectivity index is 1.94. The summed E-state index contributed by atoms with van der Waals surface area (Å²) in [5.74, 6) is 0. The van der Waals surface area contributed by atoms with Crippen molar-refractivity contribution in [1.82, 2.24) is 14.8 Å². The van der Waals surface area contributed by atoms with E-state index in [9.17, 15) is 0 Å². The van der Waals surface area contributed by atoms with Gasteiger partial charge in [-0.3, -0.25) is 4.68 Å². The second-order valence-electron chi connectivity index (χ2n) is 6.30. The second-order valence-corrected chi connectivity index (χ2v) is 6.74. The zero-order valence-electron chi connectivity index (χ0n) is 13.8. The average Bonchev–Trinajstić information content (AvgIpc) is 3.09. The van der Waals surface area contributed by atoms with E-state index >= 15 is 0 Å². The van der Waals surface area contributed by atoms with Crippen molar-refractivity contribution in [3.05, 3.63) is 70.5 Å². The Kier molecular flexibility index (Phi) is 2.94. The number of halogens is 1. The van der Waals surface area contributed by atoms with Gasteiger partial charge >= 0.3 is 0 Å². The number of fused-ring (bicyclic) bond motifs is 2. The molecule has 0 radical (unpaired) electrons. The summed E-state index contributed by atoms with van der Waals surface area (Å²) in [5, 5.41) is 6.49. The third-order valence-electron chi connectivity index (χ3n) is 4.75. The molecule has 0 unspecified atom stereocenters. The van der Waals surface area contributed by atoms with E-state index in [4.69, 9.17) is 16.6 Å². The predicted molar refractivity (Wildman–Crippen MR) is 102 cm³/mol. The fraction of sp³-hybridized carbons (Fsp3) is 0.100. The maximum atomic E-state index is 6.08. The molecule has 0 bridgehead atoms. The molecule has 0 atom stereocenters. The van der Waals surface area contributed by atoms with Crippen molar-refractivity contribution in [2.24, 2.45) is 12.0 Å². The van der Waals surface area contributed by atoms with Crippen LogP contribution in [0.4, 0.5) is 5.69 Å². The summed E-state index contributed by atoms with van der Waals surface area (Å²) in [6.07, 6.45) is 2.05. The summed E-state index contributed by atoms with van der Waals surface area (Å²) in [7, 11) is 1.97. The minimum absolute atomic E-state index is 0.719. The largest absolute Gasteiger partial charge is 0.360 e. The van der Waals surface area contributed by atoms with Gasteiger partial charge in [0, 0.05) is 45.9 Å². The molecule has 4 nitrogen and oxygen atoms in total. The number of aromatic amines is 1. The number of nitrogens with zero attached hydrogens (tertiary/aromatic N) is 3. The Hall–Kier alpha value is -2.85. The summed E-state index contributed by atoms with van der Waals surface area (Å²) in [4.78, 5) is 8.44.